The Balaban J connectivity index is 4.29. The molecule has 0 radical (unpaired) electrons. The van der Waals surface area contributed by atoms with Crippen LogP contribution in [0.4, 0.5) is 0 Å². The zero-order valence-electron chi connectivity index (χ0n) is 49.2. The van der Waals surface area contributed by atoms with Gasteiger partial charge in [-0.25, -0.2) is 0 Å². The molecule has 0 fully saturated rings. The molecule has 0 aromatic carbocycles. The van der Waals surface area contributed by atoms with Gasteiger partial charge in [-0.3, -0.25) is 14.4 Å². The molecule has 0 bridgehead atoms. The van der Waals surface area contributed by atoms with Crippen molar-refractivity contribution in [2.75, 3.05) is 13.2 Å². The van der Waals surface area contributed by atoms with E-state index in [9.17, 15) is 14.4 Å². The molecule has 76 heavy (non-hydrogen) atoms. The molecule has 6 nitrogen and oxygen atoms in total. The van der Waals surface area contributed by atoms with E-state index in [-0.39, 0.29) is 31.1 Å². The summed E-state index contributed by atoms with van der Waals surface area (Å²) in [7, 11) is 0. The molecule has 0 heterocycles. The maximum atomic E-state index is 12.8. The van der Waals surface area contributed by atoms with E-state index in [1.165, 1.54) is 70.6 Å². The third-order valence-corrected chi connectivity index (χ3v) is 12.9. The van der Waals surface area contributed by atoms with Crippen molar-refractivity contribution in [3.8, 4) is 0 Å². The van der Waals surface area contributed by atoms with Crippen LogP contribution in [0.3, 0.4) is 0 Å². The summed E-state index contributed by atoms with van der Waals surface area (Å²) in [5, 5.41) is 0. The lowest BCUT2D eigenvalue weighted by atomic mass is 10.1. The van der Waals surface area contributed by atoms with E-state index in [0.29, 0.717) is 19.3 Å². The Bertz CT molecular complexity index is 1630. The molecule has 430 valence electrons. The van der Waals surface area contributed by atoms with E-state index < -0.39 is 6.10 Å². The molecule has 0 aromatic rings. The first-order chi connectivity index (χ1) is 37.5. The van der Waals surface area contributed by atoms with Crippen molar-refractivity contribution in [1.29, 1.82) is 0 Å². The third kappa shape index (κ3) is 60.4. The van der Waals surface area contributed by atoms with Gasteiger partial charge >= 0.3 is 17.9 Å². The van der Waals surface area contributed by atoms with E-state index in [2.05, 4.69) is 154 Å². The fourth-order valence-electron chi connectivity index (χ4n) is 8.17. The normalized spacial score (nSPS) is 13.0. The van der Waals surface area contributed by atoms with Crippen LogP contribution in [0, 0.1) is 0 Å². The molecule has 1 unspecified atom stereocenters. The maximum absolute atomic E-state index is 12.8. The number of hydrogen-bond acceptors (Lipinski definition) is 6. The van der Waals surface area contributed by atoms with Gasteiger partial charge in [0.25, 0.3) is 0 Å². The lowest BCUT2D eigenvalue weighted by Crippen LogP contribution is -2.30. The molecule has 0 saturated heterocycles. The number of carbonyl (C=O) groups excluding carboxylic acids is 3. The van der Waals surface area contributed by atoms with Crippen molar-refractivity contribution in [3.05, 3.63) is 134 Å². The van der Waals surface area contributed by atoms with Crippen molar-refractivity contribution >= 4 is 17.9 Å². The van der Waals surface area contributed by atoms with Crippen LogP contribution in [0.15, 0.2) is 134 Å². The predicted molar refractivity (Wildman–Crippen MR) is 329 cm³/mol. The van der Waals surface area contributed by atoms with Gasteiger partial charge < -0.3 is 14.2 Å². The van der Waals surface area contributed by atoms with Crippen molar-refractivity contribution in [2.45, 2.75) is 277 Å². The van der Waals surface area contributed by atoms with Gasteiger partial charge in [-0.05, 0) is 135 Å². The SMILES string of the molecule is CC/C=C\C/C=C\C/C=C\C/C=C\C/C=C\C/C=C\C/C=C\C/C=C\C/C=C\CCCCCCCC(=O)OCC(COC(=O)CCCCCCC/C=C\CCCC)OC(=O)CCCCCCC/C=C\CCCCCCC. The van der Waals surface area contributed by atoms with Gasteiger partial charge in [-0.15, -0.1) is 0 Å². The molecule has 0 aliphatic rings. The molecule has 0 N–H and O–H groups in total. The van der Waals surface area contributed by atoms with Crippen LogP contribution >= 0.6 is 0 Å². The highest BCUT2D eigenvalue weighted by Crippen LogP contribution is 2.14. The monoisotopic (exact) mass is 1050 g/mol. The minimum absolute atomic E-state index is 0.0944. The zero-order valence-corrected chi connectivity index (χ0v) is 49.2. The molecule has 0 aliphatic heterocycles. The van der Waals surface area contributed by atoms with Gasteiger partial charge in [-0.2, -0.15) is 0 Å². The minimum Gasteiger partial charge on any atom is -0.462 e. The summed E-state index contributed by atoms with van der Waals surface area (Å²) in [5.41, 5.74) is 0. The first-order valence-electron chi connectivity index (χ1n) is 31.2. The van der Waals surface area contributed by atoms with Gasteiger partial charge in [0.15, 0.2) is 6.10 Å². The van der Waals surface area contributed by atoms with Gasteiger partial charge in [0.05, 0.1) is 0 Å². The van der Waals surface area contributed by atoms with Crippen molar-refractivity contribution < 1.29 is 28.6 Å². The smallest absolute Gasteiger partial charge is 0.306 e. The van der Waals surface area contributed by atoms with E-state index in [0.717, 1.165) is 161 Å². The quantitative estimate of drug-likeness (QED) is 0.0261. The maximum Gasteiger partial charge on any atom is 0.306 e. The minimum atomic E-state index is -0.797. The Morgan fingerprint density at radius 1 is 0.276 bits per heavy atom. The van der Waals surface area contributed by atoms with E-state index >= 15 is 0 Å². The van der Waals surface area contributed by atoms with Crippen LogP contribution in [0.25, 0.3) is 0 Å². The number of hydrogen-bond donors (Lipinski definition) is 0. The Kier molecular flexibility index (Phi) is 59.4. The summed E-state index contributed by atoms with van der Waals surface area (Å²) in [5.74, 6) is -0.934. The van der Waals surface area contributed by atoms with E-state index in [1.54, 1.807) is 0 Å². The molecule has 0 aliphatic carbocycles. The second-order valence-electron chi connectivity index (χ2n) is 20.2. The average molecular weight is 1050 g/mol. The summed E-state index contributed by atoms with van der Waals surface area (Å²) < 4.78 is 16.8. The number of unbranched alkanes of at least 4 members (excludes halogenated alkanes) is 22. The molecule has 0 spiro atoms. The summed E-state index contributed by atoms with van der Waals surface area (Å²) in [6, 6.07) is 0. The van der Waals surface area contributed by atoms with Crippen molar-refractivity contribution in [2.24, 2.45) is 0 Å². The third-order valence-electron chi connectivity index (χ3n) is 12.9. The Hall–Kier alpha value is -4.45. The molecule has 0 rings (SSSR count). The molecule has 0 aromatic heterocycles. The number of rotatable bonds is 55. The second kappa shape index (κ2) is 63.1. The summed E-state index contributed by atoms with van der Waals surface area (Å²) in [6.45, 7) is 6.44. The van der Waals surface area contributed by atoms with Crippen LogP contribution < -0.4 is 0 Å². The number of allylic oxidation sites excluding steroid dienone is 22. The summed E-state index contributed by atoms with van der Waals surface area (Å²) in [4.78, 5) is 38.1. The largest absolute Gasteiger partial charge is 0.462 e. The van der Waals surface area contributed by atoms with Crippen LogP contribution in [0.5, 0.6) is 0 Å². The highest BCUT2D eigenvalue weighted by atomic mass is 16.6. The zero-order chi connectivity index (χ0) is 55.0. The van der Waals surface area contributed by atoms with Gasteiger partial charge in [0.1, 0.15) is 13.2 Å². The molecule has 1 atom stereocenters. The predicted octanol–water partition coefficient (Wildman–Crippen LogP) is 21.4. The highest BCUT2D eigenvalue weighted by molar-refractivity contribution is 5.71. The van der Waals surface area contributed by atoms with Crippen LogP contribution in [0.2, 0.25) is 0 Å². The topological polar surface area (TPSA) is 78.9 Å². The lowest BCUT2D eigenvalue weighted by molar-refractivity contribution is -0.167. The Morgan fingerprint density at radius 2 is 0.526 bits per heavy atom. The first kappa shape index (κ1) is 71.5. The standard InChI is InChI=1S/C70H114O6/c1-4-7-10-13-16-19-22-24-26-27-28-29-30-31-32-33-34-35-36-37-38-39-40-41-42-43-44-46-48-51-54-57-60-63-69(72)75-66-67(65-74-68(71)62-59-56-53-50-47-21-18-15-12-9-6-3)76-70(73)64-61-58-55-52-49-45-25-23-20-17-14-11-8-5-2/h7,10,15-16,18-19,23-26,28-29,31-32,34-35,37-38,40-41,43-44,67H,4-6,8-9,11-14,17,20-22,27,30,33,36,39,42,45-66H2,1-3H3/b10-7-,18-15-,19-16-,25-23-,26-24-,29-28-,32-31-,35-34-,38-37-,41-40-,44-43-. The van der Waals surface area contributed by atoms with Gasteiger partial charge in [-0.1, -0.05) is 251 Å². The fourth-order valence-corrected chi connectivity index (χ4v) is 8.17. The van der Waals surface area contributed by atoms with Gasteiger partial charge in [0, 0.05) is 19.3 Å². The highest BCUT2D eigenvalue weighted by Gasteiger charge is 2.19. The molecule has 0 amide bonds. The molecule has 0 saturated carbocycles. The fraction of sp³-hybridized carbons (Fsp3) is 0.643. The van der Waals surface area contributed by atoms with Crippen LogP contribution in [-0.4, -0.2) is 37.2 Å². The van der Waals surface area contributed by atoms with E-state index in [4.69, 9.17) is 14.2 Å². The van der Waals surface area contributed by atoms with Crippen LogP contribution in [0.1, 0.15) is 271 Å². The Labute approximate surface area is 468 Å². The Morgan fingerprint density at radius 3 is 0.855 bits per heavy atom. The van der Waals surface area contributed by atoms with Crippen LogP contribution in [-0.2, 0) is 28.6 Å². The number of esters is 3. The number of ether oxygens (including phenoxy) is 3. The van der Waals surface area contributed by atoms with Gasteiger partial charge in [0.2, 0.25) is 0 Å². The summed E-state index contributed by atoms with van der Waals surface area (Å²) in [6.07, 6.45) is 88.9. The molecule has 6 heteroatoms. The number of carbonyl (C=O) groups is 3. The van der Waals surface area contributed by atoms with E-state index in [1.807, 2.05) is 0 Å². The molecular formula is C70H114O6. The second-order valence-corrected chi connectivity index (χ2v) is 20.2. The average Bonchev–Trinajstić information content (AvgIpc) is 3.42. The summed E-state index contributed by atoms with van der Waals surface area (Å²) >= 11 is 0. The van der Waals surface area contributed by atoms with Crippen molar-refractivity contribution in [3.63, 3.8) is 0 Å². The molecular weight excluding hydrogens is 937 g/mol. The first-order valence-corrected chi connectivity index (χ1v) is 31.2. The lowest BCUT2D eigenvalue weighted by Gasteiger charge is -2.18. The van der Waals surface area contributed by atoms with Crippen molar-refractivity contribution in [1.82, 2.24) is 0 Å².